The molecule has 1 aliphatic carbocycles. The Balaban J connectivity index is 2.10. The first kappa shape index (κ1) is 12.6. The van der Waals surface area contributed by atoms with E-state index in [1.807, 2.05) is 0 Å². The smallest absolute Gasteiger partial charge is 0.433 e. The Hall–Kier alpha value is -2.83. The van der Waals surface area contributed by atoms with Gasteiger partial charge in [-0.15, -0.1) is 0 Å². The maximum Gasteiger partial charge on any atom is 0.433 e. The van der Waals surface area contributed by atoms with E-state index in [1.165, 1.54) is 12.1 Å². The topological polar surface area (TPSA) is 101 Å². The molecular weight excluding hydrogens is 250 g/mol. The van der Waals surface area contributed by atoms with Gasteiger partial charge in [0.15, 0.2) is 5.76 Å². The lowest BCUT2D eigenvalue weighted by atomic mass is 10.3. The molecule has 0 atom stereocenters. The van der Waals surface area contributed by atoms with Gasteiger partial charge in [-0.05, 0) is 25.1 Å². The van der Waals surface area contributed by atoms with Gasteiger partial charge in [0, 0.05) is 5.57 Å². The van der Waals surface area contributed by atoms with Crippen LogP contribution in [-0.2, 0) is 0 Å². The maximum atomic E-state index is 10.5. The molecule has 0 aliphatic heterocycles. The first-order chi connectivity index (χ1) is 9.08. The largest absolute Gasteiger partial charge is 0.493 e. The number of nitro groups is 1. The van der Waals surface area contributed by atoms with E-state index in [0.717, 1.165) is 0 Å². The predicted octanol–water partition coefficient (Wildman–Crippen LogP) is 2.40. The van der Waals surface area contributed by atoms with Gasteiger partial charge in [0.1, 0.15) is 10.6 Å². The molecule has 7 nitrogen and oxygen atoms in total. The third kappa shape index (κ3) is 2.89. The number of aliphatic hydroxyl groups excluding tert-OH is 1. The van der Waals surface area contributed by atoms with Crippen LogP contribution < -0.4 is 5.43 Å². The zero-order chi connectivity index (χ0) is 13.8. The van der Waals surface area contributed by atoms with E-state index >= 15 is 0 Å². The van der Waals surface area contributed by atoms with Crippen molar-refractivity contribution in [3.8, 4) is 0 Å². The second kappa shape index (κ2) is 5.21. The first-order valence-corrected chi connectivity index (χ1v) is 5.41. The standard InChI is InChI=1S/C12H11N3O4/c1-8(10-6-7-11(19-10)15(17)18)13-14-12(16)9-4-2-3-5-9/h2-7,14,16H,1H3/b13-8+. The van der Waals surface area contributed by atoms with Crippen molar-refractivity contribution in [2.24, 2.45) is 5.10 Å². The van der Waals surface area contributed by atoms with Crippen LogP contribution in [0.4, 0.5) is 5.88 Å². The lowest BCUT2D eigenvalue weighted by molar-refractivity contribution is -0.402. The minimum Gasteiger partial charge on any atom is -0.493 e. The average molecular weight is 261 g/mol. The van der Waals surface area contributed by atoms with Crippen LogP contribution in [0.25, 0.3) is 0 Å². The second-order valence-corrected chi connectivity index (χ2v) is 3.73. The minimum absolute atomic E-state index is 0.106. The van der Waals surface area contributed by atoms with Crippen LogP contribution in [0.15, 0.2) is 57.4 Å². The third-order valence-corrected chi connectivity index (χ3v) is 2.39. The number of aliphatic hydroxyl groups is 1. The fourth-order valence-corrected chi connectivity index (χ4v) is 1.41. The van der Waals surface area contributed by atoms with Crippen LogP contribution in [0.2, 0.25) is 0 Å². The first-order valence-electron chi connectivity index (χ1n) is 5.41. The molecule has 0 bridgehead atoms. The molecule has 1 aromatic heterocycles. The highest BCUT2D eigenvalue weighted by Gasteiger charge is 2.13. The SMILES string of the molecule is C/C(=N\NC(O)=C1C=CC=C1)c1ccc([N+](=O)[O-])o1. The summed E-state index contributed by atoms with van der Waals surface area (Å²) in [5.41, 5.74) is 3.43. The molecule has 0 aromatic carbocycles. The zero-order valence-electron chi connectivity index (χ0n) is 10.0. The normalized spacial score (nSPS) is 13.9. The van der Waals surface area contributed by atoms with E-state index in [-0.39, 0.29) is 17.5 Å². The molecule has 1 heterocycles. The molecule has 19 heavy (non-hydrogen) atoms. The van der Waals surface area contributed by atoms with Crippen molar-refractivity contribution < 1.29 is 14.4 Å². The van der Waals surface area contributed by atoms with Gasteiger partial charge in [-0.3, -0.25) is 10.1 Å². The summed E-state index contributed by atoms with van der Waals surface area (Å²) in [5.74, 6) is -0.200. The molecule has 1 aliphatic rings. The van der Waals surface area contributed by atoms with Gasteiger partial charge in [0.05, 0.1) is 6.07 Å². The molecule has 7 heteroatoms. The van der Waals surface area contributed by atoms with Crippen LogP contribution in [0, 0.1) is 10.1 Å². The van der Waals surface area contributed by atoms with E-state index < -0.39 is 4.92 Å². The number of furan rings is 1. The van der Waals surface area contributed by atoms with Crippen molar-refractivity contribution in [1.29, 1.82) is 0 Å². The molecular formula is C12H11N3O4. The van der Waals surface area contributed by atoms with Crippen LogP contribution >= 0.6 is 0 Å². The molecule has 98 valence electrons. The van der Waals surface area contributed by atoms with Gasteiger partial charge >= 0.3 is 5.88 Å². The zero-order valence-corrected chi connectivity index (χ0v) is 10.0. The molecule has 2 N–H and O–H groups in total. The van der Waals surface area contributed by atoms with E-state index in [0.29, 0.717) is 11.3 Å². The number of rotatable bonds is 4. The monoisotopic (exact) mass is 261 g/mol. The fraction of sp³-hybridized carbons (Fsp3) is 0.0833. The summed E-state index contributed by atoms with van der Waals surface area (Å²) >= 11 is 0. The van der Waals surface area contributed by atoms with Gasteiger partial charge in [-0.1, -0.05) is 12.2 Å². The fourth-order valence-electron chi connectivity index (χ4n) is 1.41. The second-order valence-electron chi connectivity index (χ2n) is 3.73. The Morgan fingerprint density at radius 2 is 2.11 bits per heavy atom. The van der Waals surface area contributed by atoms with Gasteiger partial charge in [-0.2, -0.15) is 5.10 Å². The Morgan fingerprint density at radius 1 is 1.42 bits per heavy atom. The van der Waals surface area contributed by atoms with Crippen LogP contribution in [0.3, 0.4) is 0 Å². The molecule has 1 aromatic rings. The van der Waals surface area contributed by atoms with E-state index in [9.17, 15) is 15.2 Å². The number of hydrogen-bond donors (Lipinski definition) is 2. The quantitative estimate of drug-likeness (QED) is 0.375. The average Bonchev–Trinajstić information content (AvgIpc) is 3.05. The number of allylic oxidation sites excluding steroid dienone is 5. The number of hydrazone groups is 1. The van der Waals surface area contributed by atoms with E-state index in [2.05, 4.69) is 10.5 Å². The minimum atomic E-state index is -0.627. The summed E-state index contributed by atoms with van der Waals surface area (Å²) in [6.07, 6.45) is 6.98. The van der Waals surface area contributed by atoms with Gasteiger partial charge in [-0.25, -0.2) is 5.43 Å². The van der Waals surface area contributed by atoms with Gasteiger partial charge in [0.2, 0.25) is 5.88 Å². The number of hydrogen-bond acceptors (Lipinski definition) is 6. The van der Waals surface area contributed by atoms with Gasteiger partial charge in [0.25, 0.3) is 0 Å². The van der Waals surface area contributed by atoms with Crippen molar-refractivity contribution in [3.05, 3.63) is 63.8 Å². The van der Waals surface area contributed by atoms with Crippen molar-refractivity contribution in [2.45, 2.75) is 6.92 Å². The molecule has 0 amide bonds. The molecule has 0 unspecified atom stereocenters. The highest BCUT2D eigenvalue weighted by molar-refractivity contribution is 5.96. The summed E-state index contributed by atoms with van der Waals surface area (Å²) in [4.78, 5) is 9.84. The summed E-state index contributed by atoms with van der Waals surface area (Å²) in [6, 6.07) is 2.69. The summed E-state index contributed by atoms with van der Waals surface area (Å²) < 4.78 is 4.97. The molecule has 0 radical (unpaired) electrons. The summed E-state index contributed by atoms with van der Waals surface area (Å²) in [6.45, 7) is 1.60. The molecule has 0 spiro atoms. The van der Waals surface area contributed by atoms with Gasteiger partial charge < -0.3 is 9.52 Å². The number of nitrogens with one attached hydrogen (secondary N) is 1. The molecule has 2 rings (SSSR count). The van der Waals surface area contributed by atoms with Crippen LogP contribution in [0.5, 0.6) is 0 Å². The molecule has 0 saturated carbocycles. The Bertz CT molecular complexity index is 609. The highest BCUT2D eigenvalue weighted by atomic mass is 16.6. The highest BCUT2D eigenvalue weighted by Crippen LogP contribution is 2.16. The van der Waals surface area contributed by atoms with E-state index in [4.69, 9.17) is 4.42 Å². The predicted molar refractivity (Wildman–Crippen MR) is 68.6 cm³/mol. The summed E-state index contributed by atoms with van der Waals surface area (Å²) in [5, 5.41) is 24.0. The van der Waals surface area contributed by atoms with Crippen LogP contribution in [-0.4, -0.2) is 15.7 Å². The lowest BCUT2D eigenvalue weighted by Gasteiger charge is -2.01. The third-order valence-electron chi connectivity index (χ3n) is 2.39. The molecule has 0 fully saturated rings. The van der Waals surface area contributed by atoms with Crippen molar-refractivity contribution in [3.63, 3.8) is 0 Å². The lowest BCUT2D eigenvalue weighted by Crippen LogP contribution is -2.10. The molecule has 0 saturated heterocycles. The van der Waals surface area contributed by atoms with E-state index in [1.54, 1.807) is 31.2 Å². The van der Waals surface area contributed by atoms with Crippen molar-refractivity contribution in [2.75, 3.05) is 0 Å². The summed E-state index contributed by atoms with van der Waals surface area (Å²) in [7, 11) is 0. The van der Waals surface area contributed by atoms with Crippen molar-refractivity contribution >= 4 is 11.6 Å². The van der Waals surface area contributed by atoms with Crippen molar-refractivity contribution in [1.82, 2.24) is 5.43 Å². The Labute approximate surface area is 108 Å². The number of nitrogens with zero attached hydrogens (tertiary/aromatic N) is 2. The maximum absolute atomic E-state index is 10.5. The Kier molecular flexibility index (Phi) is 3.46. The van der Waals surface area contributed by atoms with Crippen LogP contribution in [0.1, 0.15) is 12.7 Å². The Morgan fingerprint density at radius 3 is 2.68 bits per heavy atom.